The molecule has 2 heterocycles. The van der Waals surface area contributed by atoms with Crippen LogP contribution < -0.4 is 10.2 Å². The highest BCUT2D eigenvalue weighted by Crippen LogP contribution is 2.39. The van der Waals surface area contributed by atoms with E-state index in [1.54, 1.807) is 19.1 Å². The fourth-order valence-corrected chi connectivity index (χ4v) is 4.40. The van der Waals surface area contributed by atoms with Crippen molar-refractivity contribution in [3.8, 4) is 11.4 Å². The minimum atomic E-state index is -0.513. The highest BCUT2D eigenvalue weighted by Gasteiger charge is 2.36. The van der Waals surface area contributed by atoms with Crippen LogP contribution in [-0.2, 0) is 6.42 Å². The summed E-state index contributed by atoms with van der Waals surface area (Å²) in [6.07, 6.45) is 0.912. The van der Waals surface area contributed by atoms with E-state index in [4.69, 9.17) is 9.51 Å². The third-order valence-electron chi connectivity index (χ3n) is 6.59. The summed E-state index contributed by atoms with van der Waals surface area (Å²) in [4.78, 5) is 19.5. The van der Waals surface area contributed by atoms with Crippen molar-refractivity contribution in [1.82, 2.24) is 15.5 Å². The molecule has 5 rings (SSSR count). The van der Waals surface area contributed by atoms with Crippen molar-refractivity contribution in [2.24, 2.45) is 0 Å². The molecular weight excluding hydrogens is 455 g/mol. The maximum Gasteiger partial charge on any atom is 0.327 e. The first-order chi connectivity index (χ1) is 17.4. The van der Waals surface area contributed by atoms with E-state index in [9.17, 15) is 9.18 Å². The zero-order valence-corrected chi connectivity index (χ0v) is 20.7. The zero-order valence-electron chi connectivity index (χ0n) is 20.7. The quantitative estimate of drug-likeness (QED) is 0.341. The number of benzene rings is 3. The van der Waals surface area contributed by atoms with Gasteiger partial charge in [-0.05, 0) is 56.0 Å². The highest BCUT2D eigenvalue weighted by atomic mass is 19.1. The second kappa shape index (κ2) is 9.41. The molecule has 1 atom stereocenters. The molecule has 0 aliphatic carbocycles. The molecule has 1 unspecified atom stereocenters. The van der Waals surface area contributed by atoms with Gasteiger partial charge in [0.25, 0.3) is 5.89 Å². The van der Waals surface area contributed by atoms with Gasteiger partial charge < -0.3 is 9.84 Å². The maximum atomic E-state index is 14.4. The van der Waals surface area contributed by atoms with E-state index in [-0.39, 0.29) is 11.8 Å². The van der Waals surface area contributed by atoms with Crippen LogP contribution in [0, 0.1) is 19.7 Å². The number of aryl methyl sites for hydroxylation is 3. The van der Waals surface area contributed by atoms with Gasteiger partial charge in [-0.15, -0.1) is 0 Å². The number of carbonyl (C=O) groups excluding carboxylic acids is 1. The minimum absolute atomic E-state index is 0.297. The normalized spacial score (nSPS) is 15.9. The van der Waals surface area contributed by atoms with Gasteiger partial charge in [-0.2, -0.15) is 4.98 Å². The second-order valence-electron chi connectivity index (χ2n) is 9.03. The topological polar surface area (TPSA) is 71.3 Å². The van der Waals surface area contributed by atoms with Crippen LogP contribution in [0.25, 0.3) is 17.0 Å². The molecule has 4 aromatic rings. The van der Waals surface area contributed by atoms with Gasteiger partial charge in [-0.3, -0.25) is 4.90 Å². The Balaban J connectivity index is 1.65. The Hall–Kier alpha value is -4.26. The number of anilines is 1. The number of halogens is 1. The molecule has 1 aliphatic rings. The lowest BCUT2D eigenvalue weighted by atomic mass is 9.93. The van der Waals surface area contributed by atoms with Crippen LogP contribution in [-0.4, -0.2) is 16.2 Å². The van der Waals surface area contributed by atoms with E-state index in [0.29, 0.717) is 34.2 Å². The SMILES string of the molecule is CCc1ccc(C2NC(=O)N(c3ccc(C)c(F)c3)C(C)=C2c2nc(-c3ccc(C)cc3)no2)cc1. The van der Waals surface area contributed by atoms with Crippen LogP contribution in [0.1, 0.15) is 48.0 Å². The van der Waals surface area contributed by atoms with Gasteiger partial charge in [0.15, 0.2) is 0 Å². The van der Waals surface area contributed by atoms with Crippen LogP contribution in [0.3, 0.4) is 0 Å². The van der Waals surface area contributed by atoms with Gasteiger partial charge >= 0.3 is 6.03 Å². The van der Waals surface area contributed by atoms with Crippen molar-refractivity contribution in [3.63, 3.8) is 0 Å². The first-order valence-corrected chi connectivity index (χ1v) is 11.9. The number of nitrogens with one attached hydrogen (secondary N) is 1. The fourth-order valence-electron chi connectivity index (χ4n) is 4.40. The maximum absolute atomic E-state index is 14.4. The first kappa shape index (κ1) is 23.5. The predicted octanol–water partition coefficient (Wildman–Crippen LogP) is 6.76. The summed E-state index contributed by atoms with van der Waals surface area (Å²) in [6, 6.07) is 19.8. The summed E-state index contributed by atoms with van der Waals surface area (Å²) in [7, 11) is 0. The highest BCUT2D eigenvalue weighted by molar-refractivity contribution is 6.01. The average molecular weight is 483 g/mol. The lowest BCUT2D eigenvalue weighted by Gasteiger charge is -2.35. The van der Waals surface area contributed by atoms with Crippen molar-refractivity contribution in [2.45, 2.75) is 40.2 Å². The smallest absolute Gasteiger partial charge is 0.327 e. The Morgan fingerprint density at radius 3 is 2.39 bits per heavy atom. The van der Waals surface area contributed by atoms with Gasteiger partial charge in [-0.25, -0.2) is 9.18 Å². The molecule has 6 nitrogen and oxygen atoms in total. The molecule has 0 saturated carbocycles. The summed E-state index contributed by atoms with van der Waals surface area (Å²) in [5.74, 6) is 0.367. The molecule has 1 aliphatic heterocycles. The molecule has 2 amide bonds. The molecule has 7 heteroatoms. The van der Waals surface area contributed by atoms with Gasteiger partial charge in [0.05, 0.1) is 17.3 Å². The molecule has 36 heavy (non-hydrogen) atoms. The minimum Gasteiger partial charge on any atom is -0.334 e. The summed E-state index contributed by atoms with van der Waals surface area (Å²) in [5.41, 5.74) is 6.22. The Kier molecular flexibility index (Phi) is 6.14. The first-order valence-electron chi connectivity index (χ1n) is 11.9. The van der Waals surface area contributed by atoms with Gasteiger partial charge in [-0.1, -0.05) is 72.2 Å². The second-order valence-corrected chi connectivity index (χ2v) is 9.03. The van der Waals surface area contributed by atoms with Gasteiger partial charge in [0.1, 0.15) is 5.82 Å². The zero-order chi connectivity index (χ0) is 25.4. The summed E-state index contributed by atoms with van der Waals surface area (Å²) >= 11 is 0. The van der Waals surface area contributed by atoms with Crippen LogP contribution in [0.2, 0.25) is 0 Å². The molecule has 0 saturated heterocycles. The van der Waals surface area contributed by atoms with Crippen LogP contribution in [0.5, 0.6) is 0 Å². The number of allylic oxidation sites excluding steroid dienone is 1. The fraction of sp³-hybridized carbons (Fsp3) is 0.207. The van der Waals surface area contributed by atoms with E-state index >= 15 is 0 Å². The van der Waals surface area contributed by atoms with Crippen LogP contribution in [0.4, 0.5) is 14.9 Å². The number of hydrogen-bond acceptors (Lipinski definition) is 4. The summed E-state index contributed by atoms with van der Waals surface area (Å²) < 4.78 is 20.2. The van der Waals surface area contributed by atoms with Crippen molar-refractivity contribution in [2.75, 3.05) is 4.90 Å². The van der Waals surface area contributed by atoms with E-state index in [1.807, 2.05) is 62.4 Å². The molecule has 1 N–H and O–H groups in total. The lowest BCUT2D eigenvalue weighted by Crippen LogP contribution is -2.46. The van der Waals surface area contributed by atoms with E-state index < -0.39 is 6.04 Å². The molecule has 1 aromatic heterocycles. The molecule has 182 valence electrons. The number of carbonyl (C=O) groups is 1. The van der Waals surface area contributed by atoms with E-state index in [1.165, 1.54) is 16.5 Å². The number of urea groups is 1. The Labute approximate surface area is 209 Å². The van der Waals surface area contributed by atoms with E-state index in [0.717, 1.165) is 23.1 Å². The van der Waals surface area contributed by atoms with Crippen LogP contribution in [0.15, 0.2) is 77.0 Å². The van der Waals surface area contributed by atoms with Crippen molar-refractivity contribution >= 4 is 17.3 Å². The van der Waals surface area contributed by atoms with Crippen molar-refractivity contribution < 1.29 is 13.7 Å². The Morgan fingerprint density at radius 2 is 1.72 bits per heavy atom. The standard InChI is InChI=1S/C29H27FN4O2/c1-5-20-9-13-21(14-10-20)26-25(28-32-27(33-36-28)22-11-6-17(2)7-12-22)19(4)34(29(35)31-26)23-15-8-18(3)24(30)16-23/h6-16,26H,5H2,1-4H3,(H,31,35). The summed E-state index contributed by atoms with van der Waals surface area (Å²) in [6.45, 7) is 7.61. The molecule has 0 fully saturated rings. The molecule has 0 spiro atoms. The van der Waals surface area contributed by atoms with Crippen molar-refractivity contribution in [3.05, 3.63) is 106 Å². The largest absolute Gasteiger partial charge is 0.334 e. The number of hydrogen-bond donors (Lipinski definition) is 1. The third kappa shape index (κ3) is 4.28. The van der Waals surface area contributed by atoms with Crippen LogP contribution >= 0.6 is 0 Å². The molecule has 0 bridgehead atoms. The van der Waals surface area contributed by atoms with Gasteiger partial charge in [0, 0.05) is 11.3 Å². The summed E-state index contributed by atoms with van der Waals surface area (Å²) in [5, 5.41) is 7.28. The lowest BCUT2D eigenvalue weighted by molar-refractivity contribution is 0.244. The average Bonchev–Trinajstić information content (AvgIpc) is 3.36. The molecule has 0 radical (unpaired) electrons. The van der Waals surface area contributed by atoms with E-state index in [2.05, 4.69) is 17.4 Å². The number of aromatic nitrogens is 2. The Bertz CT molecular complexity index is 1460. The number of rotatable bonds is 5. The number of amides is 2. The third-order valence-corrected chi connectivity index (χ3v) is 6.59. The van der Waals surface area contributed by atoms with Crippen molar-refractivity contribution in [1.29, 1.82) is 0 Å². The molecule has 3 aromatic carbocycles. The Morgan fingerprint density at radius 1 is 1.00 bits per heavy atom. The molecular formula is C29H27FN4O2. The monoisotopic (exact) mass is 482 g/mol. The van der Waals surface area contributed by atoms with Gasteiger partial charge in [0.2, 0.25) is 5.82 Å². The predicted molar refractivity (Wildman–Crippen MR) is 138 cm³/mol. The number of nitrogens with zero attached hydrogens (tertiary/aromatic N) is 3.